The van der Waals surface area contributed by atoms with E-state index in [2.05, 4.69) is 45.7 Å². The summed E-state index contributed by atoms with van der Waals surface area (Å²) in [5.74, 6) is 2.32. The molecule has 1 aliphatic carbocycles. The molecule has 14 nitrogen and oxygen atoms in total. The van der Waals surface area contributed by atoms with E-state index in [1.54, 1.807) is 41.8 Å². The van der Waals surface area contributed by atoms with Crippen LogP contribution in [0, 0.1) is 27.7 Å². The lowest BCUT2D eigenvalue weighted by atomic mass is 9.99. The minimum atomic E-state index is -0.579. The second kappa shape index (κ2) is 22.2. The van der Waals surface area contributed by atoms with Gasteiger partial charge in [0.1, 0.15) is 40.8 Å². The van der Waals surface area contributed by atoms with Gasteiger partial charge >= 0.3 is 0 Å². The van der Waals surface area contributed by atoms with E-state index >= 15 is 0 Å². The first-order chi connectivity index (χ1) is 31.5. The van der Waals surface area contributed by atoms with Crippen LogP contribution in [-0.2, 0) is 41.4 Å². The van der Waals surface area contributed by atoms with Crippen LogP contribution in [0.4, 0.5) is 11.5 Å². The molecule has 3 aromatic heterocycles. The summed E-state index contributed by atoms with van der Waals surface area (Å²) >= 11 is 7.91. The predicted octanol–water partition coefficient (Wildman–Crippen LogP) is 8.44. The number of nitrogens with one attached hydrogen (secondary N) is 2. The number of Topliss-reactive ketones (excluding diaryl/α,β-unsaturated/α-hetero) is 1. The summed E-state index contributed by atoms with van der Waals surface area (Å²) in [7, 11) is 0. The summed E-state index contributed by atoms with van der Waals surface area (Å²) < 4.78 is 24.7. The molecule has 1 aliphatic heterocycles. The number of ether oxygens (including phenoxy) is 4. The molecule has 17 heteroatoms. The molecule has 6 aromatic rings. The fourth-order valence-electron chi connectivity index (χ4n) is 7.83. The predicted molar refractivity (Wildman–Crippen MR) is 261 cm³/mol. The van der Waals surface area contributed by atoms with Crippen LogP contribution in [0.3, 0.4) is 0 Å². The largest absolute Gasteiger partial charge is 0.491 e. The van der Waals surface area contributed by atoms with Gasteiger partial charge in [-0.3, -0.25) is 23.9 Å². The number of pyridine rings is 1. The van der Waals surface area contributed by atoms with Crippen LogP contribution in [0.5, 0.6) is 5.75 Å². The number of aryl methyl sites for hydroxylation is 3. The Morgan fingerprint density at radius 1 is 0.788 bits per heavy atom. The average molecular weight is 951 g/mol. The number of benzene rings is 3. The molecule has 2 amide bonds. The van der Waals surface area contributed by atoms with Crippen molar-refractivity contribution in [3.05, 3.63) is 134 Å². The molecule has 4 heterocycles. The van der Waals surface area contributed by atoms with Gasteiger partial charge in [-0.15, -0.1) is 21.5 Å². The monoisotopic (exact) mass is 949 g/mol. The van der Waals surface area contributed by atoms with Crippen LogP contribution < -0.4 is 15.4 Å². The summed E-state index contributed by atoms with van der Waals surface area (Å²) in [5.41, 5.74) is 9.59. The molecule has 344 valence electrons. The van der Waals surface area contributed by atoms with Gasteiger partial charge in [0.05, 0.1) is 58.2 Å². The second-order valence-electron chi connectivity index (χ2n) is 15.9. The van der Waals surface area contributed by atoms with E-state index in [0.717, 1.165) is 61.0 Å². The number of aromatic nitrogens is 4. The first-order valence-electron chi connectivity index (χ1n) is 21.5. The van der Waals surface area contributed by atoms with Crippen molar-refractivity contribution in [3.8, 4) is 21.9 Å². The van der Waals surface area contributed by atoms with Gasteiger partial charge in [0, 0.05) is 51.3 Å². The Morgan fingerprint density at radius 2 is 1.47 bits per heavy atom. The van der Waals surface area contributed by atoms with Gasteiger partial charge in [-0.05, 0) is 98.0 Å². The number of nitrogens with zero attached hydrogens (tertiary/aromatic N) is 5. The van der Waals surface area contributed by atoms with Gasteiger partial charge < -0.3 is 29.6 Å². The number of hydrogen-bond acceptors (Lipinski definition) is 12. The van der Waals surface area contributed by atoms with Crippen LogP contribution >= 0.6 is 36.4 Å². The molecule has 1 atom stereocenters. The summed E-state index contributed by atoms with van der Waals surface area (Å²) in [6.07, 6.45) is 2.99. The summed E-state index contributed by atoms with van der Waals surface area (Å²) in [6, 6.07) is 22.1. The van der Waals surface area contributed by atoms with Crippen molar-refractivity contribution in [1.29, 1.82) is 0 Å². The van der Waals surface area contributed by atoms with Crippen molar-refractivity contribution in [2.24, 2.45) is 4.99 Å². The summed E-state index contributed by atoms with van der Waals surface area (Å²) in [6.45, 7) is 10.6. The molecule has 2 aliphatic rings. The minimum Gasteiger partial charge on any atom is -0.491 e. The molecule has 3 aromatic carbocycles. The van der Waals surface area contributed by atoms with Gasteiger partial charge in [0.2, 0.25) is 11.8 Å². The molecular formula is C49H52ClN7O7S2. The van der Waals surface area contributed by atoms with Gasteiger partial charge in [-0.2, -0.15) is 13.5 Å². The first kappa shape index (κ1) is 48.2. The highest BCUT2D eigenvalue weighted by Gasteiger charge is 2.32. The fraction of sp³-hybridized carbons (Fsp3) is 0.327. The Labute approximate surface area is 399 Å². The number of fused-ring (bicyclic) bond motifs is 4. The number of amides is 2. The maximum Gasteiger partial charge on any atom is 0.227 e. The smallest absolute Gasteiger partial charge is 0.227 e. The Balaban J connectivity index is 0.00000648. The lowest BCUT2D eigenvalue weighted by molar-refractivity contribution is -0.118. The molecule has 0 spiro atoms. The Hall–Kier alpha value is -5.75. The van der Waals surface area contributed by atoms with Crippen LogP contribution in [0.15, 0.2) is 84.0 Å². The zero-order chi connectivity index (χ0) is 45.5. The van der Waals surface area contributed by atoms with Crippen molar-refractivity contribution in [1.82, 2.24) is 19.7 Å². The average Bonchev–Trinajstić information content (AvgIpc) is 3.92. The molecule has 0 unspecified atom stereocenters. The highest BCUT2D eigenvalue weighted by atomic mass is 35.5. The number of hydrogen-bond donors (Lipinski definition) is 2. The van der Waals surface area contributed by atoms with E-state index in [1.807, 2.05) is 60.9 Å². The van der Waals surface area contributed by atoms with Crippen molar-refractivity contribution in [2.75, 3.05) is 56.9 Å². The van der Waals surface area contributed by atoms with Crippen molar-refractivity contribution in [3.63, 3.8) is 0 Å². The molecule has 2 N–H and O–H groups in total. The van der Waals surface area contributed by atoms with Crippen LogP contribution in [0.25, 0.3) is 16.1 Å². The molecule has 8 rings (SSSR count). The zero-order valence-electron chi connectivity index (χ0n) is 37.2. The standard InChI is InChI=1S/C49H50ClN7O7S.H2S/c1-29-23-43(51-28-41(29)35-6-5-34-25-39(58)26-36(34)24-35)54-44(59)15-16-61-17-18-62-19-20-63-21-22-64-40-13-11-38(12-14-40)52-45(60)27-42-48-56-55-32(4)57(48)49-46(30(2)31(3)65-49)47(53-42)33-7-9-37(50)10-8-33;/h5-14,23-24,28,42H,15-22,25-27H2,1-4H3,(H,52,60)(H,51,54,59);1H2/t42-;/m0./s1. The minimum absolute atomic E-state index is 0. The number of thiophene rings is 1. The normalized spacial score (nSPS) is 13.8. The highest BCUT2D eigenvalue weighted by molar-refractivity contribution is 7.59. The van der Waals surface area contributed by atoms with Crippen molar-refractivity contribution < 1.29 is 33.3 Å². The van der Waals surface area contributed by atoms with E-state index in [1.165, 1.54) is 4.88 Å². The lowest BCUT2D eigenvalue weighted by Gasteiger charge is -2.13. The van der Waals surface area contributed by atoms with Crippen LogP contribution in [-0.4, -0.2) is 89.3 Å². The molecule has 0 bridgehead atoms. The number of carbonyl (C=O) groups excluding carboxylic acids is 3. The fourth-order valence-corrected chi connectivity index (χ4v) is 9.17. The number of halogens is 1. The molecule has 0 fully saturated rings. The Kier molecular flexibility index (Phi) is 16.2. The van der Waals surface area contributed by atoms with Gasteiger partial charge in [-0.25, -0.2) is 4.98 Å². The van der Waals surface area contributed by atoms with Gasteiger partial charge in [0.25, 0.3) is 0 Å². The number of carbonyl (C=O) groups is 3. The Morgan fingerprint density at radius 3 is 2.20 bits per heavy atom. The summed E-state index contributed by atoms with van der Waals surface area (Å²) in [5, 5.41) is 16.3. The summed E-state index contributed by atoms with van der Waals surface area (Å²) in [4.78, 5) is 48.6. The van der Waals surface area contributed by atoms with Gasteiger partial charge in [-0.1, -0.05) is 41.9 Å². The second-order valence-corrected chi connectivity index (χ2v) is 17.6. The van der Waals surface area contributed by atoms with E-state index in [-0.39, 0.29) is 50.5 Å². The third-order valence-electron chi connectivity index (χ3n) is 11.3. The quantitative estimate of drug-likeness (QED) is 0.0752. The highest BCUT2D eigenvalue weighted by Crippen LogP contribution is 2.40. The SMILES string of the molecule is Cc1cc(NC(=O)CCOCCOCCOCCOc2ccc(NC(=O)C[C@@H]3N=C(c4ccc(Cl)cc4)c4c(sc(C)c4C)-n4c(C)nnc43)cc2)ncc1-c1ccc2c(c1)CC(=O)C2.S. The van der Waals surface area contributed by atoms with Crippen LogP contribution in [0.1, 0.15) is 68.8 Å². The Bertz CT molecular complexity index is 2740. The zero-order valence-corrected chi connectivity index (χ0v) is 39.8. The van der Waals surface area contributed by atoms with E-state index in [4.69, 9.17) is 35.5 Å². The number of rotatable bonds is 19. The third-order valence-corrected chi connectivity index (χ3v) is 12.7. The van der Waals surface area contributed by atoms with E-state index in [9.17, 15) is 14.4 Å². The van der Waals surface area contributed by atoms with Crippen LogP contribution in [0.2, 0.25) is 5.02 Å². The number of aliphatic imine (C=N–C) groups is 1. The van der Waals surface area contributed by atoms with E-state index < -0.39 is 6.04 Å². The maximum absolute atomic E-state index is 13.5. The lowest BCUT2D eigenvalue weighted by Crippen LogP contribution is -2.17. The van der Waals surface area contributed by atoms with Crippen molar-refractivity contribution in [2.45, 2.75) is 59.4 Å². The molecule has 66 heavy (non-hydrogen) atoms. The maximum atomic E-state index is 13.5. The topological polar surface area (TPSA) is 168 Å². The molecular weight excluding hydrogens is 898 g/mol. The van der Waals surface area contributed by atoms with E-state index in [0.29, 0.717) is 80.6 Å². The molecule has 0 saturated carbocycles. The molecule has 0 saturated heterocycles. The van der Waals surface area contributed by atoms with Crippen molar-refractivity contribution >= 4 is 71.2 Å². The number of anilines is 2. The molecule has 0 radical (unpaired) electrons. The van der Waals surface area contributed by atoms with Gasteiger partial charge in [0.15, 0.2) is 5.82 Å². The number of ketones is 1. The third kappa shape index (κ3) is 11.6. The first-order valence-corrected chi connectivity index (χ1v) is 22.7.